The van der Waals surface area contributed by atoms with Gasteiger partial charge in [0.1, 0.15) is 22.3 Å². The Balaban J connectivity index is 1.67. The molecule has 0 amide bonds. The van der Waals surface area contributed by atoms with Crippen LogP contribution in [0.1, 0.15) is 5.56 Å². The Bertz CT molecular complexity index is 1470. The van der Waals surface area contributed by atoms with Gasteiger partial charge in [-0.25, -0.2) is 21.6 Å². The zero-order valence-corrected chi connectivity index (χ0v) is 17.1. The van der Waals surface area contributed by atoms with Gasteiger partial charge >= 0.3 is 0 Å². The number of aromatic amines is 1. The van der Waals surface area contributed by atoms with Gasteiger partial charge in [0.25, 0.3) is 15.6 Å². The van der Waals surface area contributed by atoms with Crippen molar-refractivity contribution in [3.8, 4) is 0 Å². The number of aromatic nitrogens is 2. The Morgan fingerprint density at radius 3 is 2.39 bits per heavy atom. The molecule has 0 spiro atoms. The van der Waals surface area contributed by atoms with Crippen LogP contribution in [-0.2, 0) is 16.6 Å². The number of hydrogen-bond acceptors (Lipinski definition) is 3. The van der Waals surface area contributed by atoms with Crippen LogP contribution in [-0.4, -0.2) is 18.2 Å². The Labute approximate surface area is 178 Å². The molecule has 0 aliphatic heterocycles. The second-order valence-corrected chi connectivity index (χ2v) is 8.75. The summed E-state index contributed by atoms with van der Waals surface area (Å²) in [5, 5.41) is 2.25. The Morgan fingerprint density at radius 1 is 0.968 bits per heavy atom. The number of sulfonamides is 1. The fourth-order valence-corrected chi connectivity index (χ4v) is 4.35. The molecule has 0 aliphatic carbocycles. The molecule has 0 saturated heterocycles. The average Bonchev–Trinajstić information content (AvgIpc) is 3.01. The van der Waals surface area contributed by atoms with E-state index in [9.17, 15) is 26.4 Å². The van der Waals surface area contributed by atoms with Crippen molar-refractivity contribution >= 4 is 38.2 Å². The zero-order chi connectivity index (χ0) is 22.3. The predicted octanol–water partition coefficient (Wildman–Crippen LogP) is 4.25. The predicted molar refractivity (Wildman–Crippen MR) is 110 cm³/mol. The van der Waals surface area contributed by atoms with E-state index in [1.807, 2.05) is 0 Å². The maximum absolute atomic E-state index is 14.0. The lowest BCUT2D eigenvalue weighted by Gasteiger charge is -2.10. The number of nitrogens with zero attached hydrogens (tertiary/aromatic N) is 1. The molecule has 0 saturated carbocycles. The lowest BCUT2D eigenvalue weighted by atomic mass is 10.2. The van der Waals surface area contributed by atoms with Crippen LogP contribution in [0.5, 0.6) is 0 Å². The van der Waals surface area contributed by atoms with Crippen molar-refractivity contribution in [2.75, 3.05) is 4.72 Å². The molecule has 0 aliphatic rings. The largest absolute Gasteiger partial charge is 0.280 e. The summed E-state index contributed by atoms with van der Waals surface area (Å²) in [6, 6.07) is 10.9. The van der Waals surface area contributed by atoms with E-state index in [0.29, 0.717) is 17.6 Å². The molecule has 2 N–H and O–H groups in total. The molecule has 6 nitrogen and oxygen atoms in total. The summed E-state index contributed by atoms with van der Waals surface area (Å²) in [6.45, 7) is 0.249. The quantitative estimate of drug-likeness (QED) is 0.430. The number of H-pyrrole nitrogens is 1. The molecule has 0 fully saturated rings. The highest BCUT2D eigenvalue weighted by atomic mass is 35.5. The van der Waals surface area contributed by atoms with E-state index in [-0.39, 0.29) is 23.4 Å². The van der Waals surface area contributed by atoms with Crippen molar-refractivity contribution < 1.29 is 21.6 Å². The molecule has 11 heteroatoms. The molecule has 0 bridgehead atoms. The van der Waals surface area contributed by atoms with Crippen LogP contribution in [0.15, 0.2) is 64.3 Å². The standard InChI is InChI=1S/C20H13ClF3N3O3S/c21-15-8-17(24)19(9-16(15)23)31(29,30)26-13-5-6-18-14(7-13)20(28)25-27(18)10-11-1-3-12(22)4-2-11/h1-9,26H,10H2,(H,25,28). The van der Waals surface area contributed by atoms with Crippen molar-refractivity contribution in [3.63, 3.8) is 0 Å². The van der Waals surface area contributed by atoms with Crippen LogP contribution in [0.4, 0.5) is 18.9 Å². The first-order valence-electron chi connectivity index (χ1n) is 8.78. The lowest BCUT2D eigenvalue weighted by Crippen LogP contribution is -2.15. The molecule has 4 rings (SSSR count). The van der Waals surface area contributed by atoms with E-state index in [4.69, 9.17) is 11.6 Å². The molecule has 31 heavy (non-hydrogen) atoms. The lowest BCUT2D eigenvalue weighted by molar-refractivity contribution is 0.556. The number of fused-ring (bicyclic) bond motifs is 1. The molecule has 0 unspecified atom stereocenters. The summed E-state index contributed by atoms with van der Waals surface area (Å²) in [7, 11) is -4.49. The smallest absolute Gasteiger partial charge is 0.272 e. The van der Waals surface area contributed by atoms with Gasteiger partial charge < -0.3 is 0 Å². The Kier molecular flexibility index (Phi) is 5.28. The Morgan fingerprint density at radius 2 is 1.68 bits per heavy atom. The molecule has 0 radical (unpaired) electrons. The van der Waals surface area contributed by atoms with Gasteiger partial charge in [-0.1, -0.05) is 23.7 Å². The zero-order valence-electron chi connectivity index (χ0n) is 15.5. The third kappa shape index (κ3) is 4.17. The molecular weight excluding hydrogens is 455 g/mol. The van der Waals surface area contributed by atoms with Crippen molar-refractivity contribution in [2.24, 2.45) is 0 Å². The van der Waals surface area contributed by atoms with E-state index in [2.05, 4.69) is 9.82 Å². The summed E-state index contributed by atoms with van der Waals surface area (Å²) < 4.78 is 69.4. The third-order valence-electron chi connectivity index (χ3n) is 4.54. The summed E-state index contributed by atoms with van der Waals surface area (Å²) in [5.74, 6) is -2.69. The fourth-order valence-electron chi connectivity index (χ4n) is 3.08. The maximum atomic E-state index is 14.0. The normalized spacial score (nSPS) is 11.7. The van der Waals surface area contributed by atoms with Crippen LogP contribution in [0.3, 0.4) is 0 Å². The van der Waals surface area contributed by atoms with Gasteiger partial charge in [-0.15, -0.1) is 0 Å². The molecule has 0 atom stereocenters. The third-order valence-corrected chi connectivity index (χ3v) is 6.22. The molecule has 1 heterocycles. The first kappa shape index (κ1) is 21.0. The topological polar surface area (TPSA) is 84.0 Å². The molecule has 160 valence electrons. The SMILES string of the molecule is O=c1[nH]n(Cc2ccc(F)cc2)c2ccc(NS(=O)(=O)c3cc(F)c(Cl)cc3F)cc12. The highest BCUT2D eigenvalue weighted by Crippen LogP contribution is 2.25. The fraction of sp³-hybridized carbons (Fsp3) is 0.0500. The van der Waals surface area contributed by atoms with Crippen LogP contribution >= 0.6 is 11.6 Å². The van der Waals surface area contributed by atoms with Gasteiger partial charge in [-0.3, -0.25) is 19.3 Å². The van der Waals surface area contributed by atoms with Crippen molar-refractivity contribution in [1.82, 2.24) is 9.78 Å². The highest BCUT2D eigenvalue weighted by molar-refractivity contribution is 7.92. The Hall–Kier alpha value is -3.24. The van der Waals surface area contributed by atoms with Gasteiger partial charge in [0.2, 0.25) is 0 Å². The van der Waals surface area contributed by atoms with E-state index in [1.54, 1.807) is 12.1 Å². The number of nitrogens with one attached hydrogen (secondary N) is 2. The maximum Gasteiger partial charge on any atom is 0.272 e. The van der Waals surface area contributed by atoms with Crippen LogP contribution in [0.25, 0.3) is 10.9 Å². The molecule has 4 aromatic rings. The van der Waals surface area contributed by atoms with E-state index >= 15 is 0 Å². The van der Waals surface area contributed by atoms with Gasteiger partial charge in [0.05, 0.1) is 22.5 Å². The van der Waals surface area contributed by atoms with E-state index in [1.165, 1.54) is 35.0 Å². The molecule has 1 aromatic heterocycles. The summed E-state index contributed by atoms with van der Waals surface area (Å²) >= 11 is 5.46. The number of benzene rings is 3. The molecular formula is C20H13ClF3N3O3S. The van der Waals surface area contributed by atoms with Crippen molar-refractivity contribution in [3.05, 3.63) is 93.0 Å². The minimum atomic E-state index is -4.49. The van der Waals surface area contributed by atoms with Gasteiger partial charge in [-0.05, 0) is 48.0 Å². The number of hydrogen-bond donors (Lipinski definition) is 2. The minimum Gasteiger partial charge on any atom is -0.280 e. The average molecular weight is 468 g/mol. The summed E-state index contributed by atoms with van der Waals surface area (Å²) in [6.07, 6.45) is 0. The second kappa shape index (κ2) is 7.78. The minimum absolute atomic E-state index is 0.0210. The number of rotatable bonds is 5. The first-order valence-corrected chi connectivity index (χ1v) is 10.6. The van der Waals surface area contributed by atoms with Gasteiger partial charge in [-0.2, -0.15) is 0 Å². The van der Waals surface area contributed by atoms with Crippen LogP contribution < -0.4 is 10.3 Å². The van der Waals surface area contributed by atoms with Crippen LogP contribution in [0.2, 0.25) is 5.02 Å². The summed E-state index contributed by atoms with van der Waals surface area (Å²) in [5.41, 5.74) is 0.703. The first-order chi connectivity index (χ1) is 14.6. The van der Waals surface area contributed by atoms with Gasteiger partial charge in [0.15, 0.2) is 0 Å². The van der Waals surface area contributed by atoms with Gasteiger partial charge in [0, 0.05) is 5.69 Å². The second-order valence-electron chi connectivity index (χ2n) is 6.69. The van der Waals surface area contributed by atoms with Crippen LogP contribution in [0, 0.1) is 17.5 Å². The van der Waals surface area contributed by atoms with Crippen molar-refractivity contribution in [1.29, 1.82) is 0 Å². The number of halogens is 4. The van der Waals surface area contributed by atoms with E-state index in [0.717, 1.165) is 5.56 Å². The molecule has 3 aromatic carbocycles. The highest BCUT2D eigenvalue weighted by Gasteiger charge is 2.22. The number of anilines is 1. The monoisotopic (exact) mass is 467 g/mol. The van der Waals surface area contributed by atoms with Crippen molar-refractivity contribution in [2.45, 2.75) is 11.4 Å². The van der Waals surface area contributed by atoms with E-state index < -0.39 is 37.1 Å². The summed E-state index contributed by atoms with van der Waals surface area (Å²) in [4.78, 5) is 11.4.